The van der Waals surface area contributed by atoms with Crippen molar-refractivity contribution in [3.05, 3.63) is 4.88 Å². The third kappa shape index (κ3) is 2.77. The molecule has 2 heterocycles. The first-order valence-corrected chi connectivity index (χ1v) is 6.24. The number of amides is 1. The van der Waals surface area contributed by atoms with Crippen LogP contribution in [-0.4, -0.2) is 48.3 Å². The van der Waals surface area contributed by atoms with E-state index in [2.05, 4.69) is 10.3 Å². The molecule has 98 valence electrons. The Balaban J connectivity index is 2.26. The van der Waals surface area contributed by atoms with Gasteiger partial charge >= 0.3 is 5.97 Å². The van der Waals surface area contributed by atoms with Crippen LogP contribution in [0.3, 0.4) is 0 Å². The summed E-state index contributed by atoms with van der Waals surface area (Å²) in [6.45, 7) is 3.85. The third-order valence-corrected chi connectivity index (χ3v) is 3.49. The number of aromatic carboxylic acids is 1. The third-order valence-electron chi connectivity index (χ3n) is 2.39. The lowest BCUT2D eigenvalue weighted by Crippen LogP contribution is -2.36. The van der Waals surface area contributed by atoms with Crippen molar-refractivity contribution < 1.29 is 19.4 Å². The van der Waals surface area contributed by atoms with Crippen LogP contribution in [0.5, 0.6) is 0 Å². The summed E-state index contributed by atoms with van der Waals surface area (Å²) >= 11 is 1.06. The summed E-state index contributed by atoms with van der Waals surface area (Å²) in [6.07, 6.45) is 0. The van der Waals surface area contributed by atoms with Crippen LogP contribution in [0.1, 0.15) is 16.6 Å². The van der Waals surface area contributed by atoms with Crippen molar-refractivity contribution >= 4 is 34.2 Å². The zero-order valence-corrected chi connectivity index (χ0v) is 10.6. The van der Waals surface area contributed by atoms with Gasteiger partial charge in [0.05, 0.1) is 13.2 Å². The van der Waals surface area contributed by atoms with E-state index in [0.29, 0.717) is 31.4 Å². The predicted molar refractivity (Wildman–Crippen MR) is 66.4 cm³/mol. The number of aromatic nitrogens is 1. The molecule has 1 aliphatic rings. The number of carbonyl (C=O) groups is 2. The number of nitrogens with zero attached hydrogens (tertiary/aromatic N) is 2. The Morgan fingerprint density at radius 2 is 2.11 bits per heavy atom. The Hall–Kier alpha value is -1.67. The molecule has 1 aliphatic heterocycles. The van der Waals surface area contributed by atoms with E-state index in [1.165, 1.54) is 6.92 Å². The Bertz CT molecular complexity index is 468. The van der Waals surface area contributed by atoms with E-state index < -0.39 is 5.97 Å². The number of carboxylic acid groups (broad SMARTS) is 1. The van der Waals surface area contributed by atoms with Crippen molar-refractivity contribution in [2.24, 2.45) is 0 Å². The number of thiazole rings is 1. The van der Waals surface area contributed by atoms with Crippen LogP contribution in [-0.2, 0) is 9.53 Å². The van der Waals surface area contributed by atoms with E-state index in [1.807, 2.05) is 4.90 Å². The molecule has 0 atom stereocenters. The highest BCUT2D eigenvalue weighted by molar-refractivity contribution is 7.18. The Morgan fingerprint density at radius 3 is 2.67 bits per heavy atom. The standard InChI is InChI=1S/C10H13N3O4S/c1-6(14)11-8-7(9(15)16)18-10(12-8)13-2-4-17-5-3-13/h2-5H2,1H3,(H,11,14)(H,15,16). The molecule has 2 N–H and O–H groups in total. The normalized spacial score (nSPS) is 15.5. The number of carboxylic acids is 1. The number of carbonyl (C=O) groups excluding carboxylic acids is 1. The maximum Gasteiger partial charge on any atom is 0.349 e. The molecule has 1 saturated heterocycles. The van der Waals surface area contributed by atoms with Gasteiger partial charge in [0.1, 0.15) is 0 Å². The first-order chi connectivity index (χ1) is 8.58. The number of hydrogen-bond donors (Lipinski definition) is 2. The van der Waals surface area contributed by atoms with Gasteiger partial charge in [0.15, 0.2) is 15.8 Å². The van der Waals surface area contributed by atoms with Crippen LogP contribution in [0, 0.1) is 0 Å². The van der Waals surface area contributed by atoms with Crippen molar-refractivity contribution in [3.8, 4) is 0 Å². The van der Waals surface area contributed by atoms with Crippen LogP contribution < -0.4 is 10.2 Å². The summed E-state index contributed by atoms with van der Waals surface area (Å²) in [5.74, 6) is -1.31. The van der Waals surface area contributed by atoms with Gasteiger partial charge in [0.25, 0.3) is 0 Å². The van der Waals surface area contributed by atoms with E-state index >= 15 is 0 Å². The molecule has 8 heteroatoms. The van der Waals surface area contributed by atoms with Crippen LogP contribution in [0.4, 0.5) is 10.9 Å². The van der Waals surface area contributed by atoms with Gasteiger partial charge in [0, 0.05) is 20.0 Å². The topological polar surface area (TPSA) is 91.8 Å². The zero-order valence-electron chi connectivity index (χ0n) is 9.80. The molecule has 18 heavy (non-hydrogen) atoms. The minimum absolute atomic E-state index is 0.0479. The monoisotopic (exact) mass is 271 g/mol. The second-order valence-corrected chi connectivity index (χ2v) is 4.74. The van der Waals surface area contributed by atoms with Gasteiger partial charge in [-0.05, 0) is 0 Å². The van der Waals surface area contributed by atoms with E-state index in [9.17, 15) is 9.59 Å². The second kappa shape index (κ2) is 5.32. The highest BCUT2D eigenvalue weighted by atomic mass is 32.1. The molecular weight excluding hydrogens is 258 g/mol. The number of hydrogen-bond acceptors (Lipinski definition) is 6. The van der Waals surface area contributed by atoms with Gasteiger partial charge in [-0.15, -0.1) is 0 Å². The Morgan fingerprint density at radius 1 is 1.44 bits per heavy atom. The highest BCUT2D eigenvalue weighted by Crippen LogP contribution is 2.30. The van der Waals surface area contributed by atoms with Crippen molar-refractivity contribution in [1.29, 1.82) is 0 Å². The quantitative estimate of drug-likeness (QED) is 0.838. The lowest BCUT2D eigenvalue weighted by Gasteiger charge is -2.25. The number of nitrogens with one attached hydrogen (secondary N) is 1. The SMILES string of the molecule is CC(=O)Nc1nc(N2CCOCC2)sc1C(=O)O. The molecule has 0 spiro atoms. The molecule has 0 radical (unpaired) electrons. The van der Waals surface area contributed by atoms with E-state index in [4.69, 9.17) is 9.84 Å². The van der Waals surface area contributed by atoms with E-state index in [0.717, 1.165) is 11.3 Å². The Kier molecular flexibility index (Phi) is 3.78. The van der Waals surface area contributed by atoms with E-state index in [-0.39, 0.29) is 16.6 Å². The molecule has 0 saturated carbocycles. The number of anilines is 2. The number of rotatable bonds is 3. The average Bonchev–Trinajstić information content (AvgIpc) is 2.73. The summed E-state index contributed by atoms with van der Waals surface area (Å²) < 4.78 is 5.22. The summed E-state index contributed by atoms with van der Waals surface area (Å²) in [5, 5.41) is 12.1. The van der Waals surface area contributed by atoms with Gasteiger partial charge in [-0.25, -0.2) is 9.78 Å². The van der Waals surface area contributed by atoms with Gasteiger partial charge < -0.3 is 20.1 Å². The molecule has 0 unspecified atom stereocenters. The lowest BCUT2D eigenvalue weighted by molar-refractivity contribution is -0.114. The van der Waals surface area contributed by atoms with Gasteiger partial charge in [-0.1, -0.05) is 11.3 Å². The van der Waals surface area contributed by atoms with Gasteiger partial charge in [0.2, 0.25) is 5.91 Å². The van der Waals surface area contributed by atoms with Crippen molar-refractivity contribution in [3.63, 3.8) is 0 Å². The van der Waals surface area contributed by atoms with Crippen molar-refractivity contribution in [2.45, 2.75) is 6.92 Å². The Labute approximate surface area is 107 Å². The minimum Gasteiger partial charge on any atom is -0.477 e. The molecule has 1 fully saturated rings. The number of morpholine rings is 1. The molecule has 1 aromatic rings. The molecule has 2 rings (SSSR count). The molecule has 1 amide bonds. The maximum absolute atomic E-state index is 11.1. The smallest absolute Gasteiger partial charge is 0.349 e. The van der Waals surface area contributed by atoms with Crippen molar-refractivity contribution in [1.82, 2.24) is 4.98 Å². The summed E-state index contributed by atoms with van der Waals surface area (Å²) in [5.41, 5.74) is 0. The summed E-state index contributed by atoms with van der Waals surface area (Å²) in [7, 11) is 0. The summed E-state index contributed by atoms with van der Waals surface area (Å²) in [4.78, 5) is 28.2. The van der Waals surface area contributed by atoms with Crippen LogP contribution >= 0.6 is 11.3 Å². The molecule has 0 bridgehead atoms. The van der Waals surface area contributed by atoms with Crippen LogP contribution in [0.2, 0.25) is 0 Å². The largest absolute Gasteiger partial charge is 0.477 e. The van der Waals surface area contributed by atoms with Crippen LogP contribution in [0.15, 0.2) is 0 Å². The molecule has 1 aromatic heterocycles. The fourth-order valence-electron chi connectivity index (χ4n) is 1.60. The molecular formula is C10H13N3O4S. The van der Waals surface area contributed by atoms with Gasteiger partial charge in [-0.3, -0.25) is 4.79 Å². The second-order valence-electron chi connectivity index (χ2n) is 3.76. The number of ether oxygens (including phenoxy) is 1. The minimum atomic E-state index is -1.09. The molecule has 0 aliphatic carbocycles. The molecule has 7 nitrogen and oxygen atoms in total. The zero-order chi connectivity index (χ0) is 13.1. The van der Waals surface area contributed by atoms with E-state index in [1.54, 1.807) is 0 Å². The predicted octanol–water partition coefficient (Wildman–Crippen LogP) is 0.636. The fraction of sp³-hybridized carbons (Fsp3) is 0.500. The van der Waals surface area contributed by atoms with Crippen LogP contribution in [0.25, 0.3) is 0 Å². The summed E-state index contributed by atoms with van der Waals surface area (Å²) in [6, 6.07) is 0. The lowest BCUT2D eigenvalue weighted by atomic mass is 10.4. The van der Waals surface area contributed by atoms with Crippen molar-refractivity contribution in [2.75, 3.05) is 36.5 Å². The fourth-order valence-corrected chi connectivity index (χ4v) is 2.51. The first-order valence-electron chi connectivity index (χ1n) is 5.42. The highest BCUT2D eigenvalue weighted by Gasteiger charge is 2.22. The maximum atomic E-state index is 11.1. The van der Waals surface area contributed by atoms with Gasteiger partial charge in [-0.2, -0.15) is 0 Å². The first kappa shape index (κ1) is 12.8. The molecule has 0 aromatic carbocycles. The average molecular weight is 271 g/mol.